The summed E-state index contributed by atoms with van der Waals surface area (Å²) in [6.07, 6.45) is 2.80. The smallest absolute Gasteiger partial charge is 0.407 e. The van der Waals surface area contributed by atoms with Crippen LogP contribution in [0.2, 0.25) is 0 Å². The predicted molar refractivity (Wildman–Crippen MR) is 110 cm³/mol. The van der Waals surface area contributed by atoms with E-state index in [1.165, 1.54) is 4.90 Å². The molecular formula is C23H23N3O3. The fourth-order valence-corrected chi connectivity index (χ4v) is 4.19. The molecule has 0 spiro atoms. The van der Waals surface area contributed by atoms with Gasteiger partial charge in [0.15, 0.2) is 5.58 Å². The van der Waals surface area contributed by atoms with Crippen LogP contribution in [0, 0.1) is 24.2 Å². The van der Waals surface area contributed by atoms with Gasteiger partial charge in [-0.3, -0.25) is 0 Å². The van der Waals surface area contributed by atoms with Crippen molar-refractivity contribution < 1.29 is 14.4 Å². The van der Waals surface area contributed by atoms with E-state index in [0.29, 0.717) is 24.6 Å². The maximum Gasteiger partial charge on any atom is 0.407 e. The first kappa shape index (κ1) is 19.0. The molecule has 2 aromatic carbocycles. The highest BCUT2D eigenvalue weighted by molar-refractivity contribution is 5.89. The van der Waals surface area contributed by atoms with Crippen molar-refractivity contribution in [2.24, 2.45) is 5.92 Å². The van der Waals surface area contributed by atoms with Gasteiger partial charge in [0, 0.05) is 24.0 Å². The number of fused-ring (bicyclic) bond motifs is 1. The first-order valence-corrected chi connectivity index (χ1v) is 9.93. The van der Waals surface area contributed by atoms with Crippen molar-refractivity contribution in [3.05, 3.63) is 53.2 Å². The molecule has 4 rings (SSSR count). The van der Waals surface area contributed by atoms with Crippen LogP contribution in [-0.4, -0.2) is 34.3 Å². The van der Waals surface area contributed by atoms with E-state index in [0.717, 1.165) is 59.0 Å². The Labute approximate surface area is 169 Å². The highest BCUT2D eigenvalue weighted by Gasteiger charge is 2.23. The summed E-state index contributed by atoms with van der Waals surface area (Å²) in [5.74, 6) is 0.520. The average Bonchev–Trinajstić information content (AvgIpc) is 3.17. The number of piperidine rings is 1. The third-order valence-corrected chi connectivity index (χ3v) is 5.94. The molecule has 0 aliphatic carbocycles. The molecule has 0 atom stereocenters. The van der Waals surface area contributed by atoms with Gasteiger partial charge in [-0.1, -0.05) is 23.4 Å². The van der Waals surface area contributed by atoms with Crippen molar-refractivity contribution in [1.29, 1.82) is 5.26 Å². The Morgan fingerprint density at radius 3 is 2.83 bits per heavy atom. The minimum Gasteiger partial charge on any atom is -0.465 e. The van der Waals surface area contributed by atoms with Gasteiger partial charge in [-0.2, -0.15) is 5.26 Å². The van der Waals surface area contributed by atoms with E-state index in [1.807, 2.05) is 25.1 Å². The molecule has 0 unspecified atom stereocenters. The molecule has 1 N–H and O–H groups in total. The highest BCUT2D eigenvalue weighted by atomic mass is 16.5. The van der Waals surface area contributed by atoms with Gasteiger partial charge in [0.1, 0.15) is 0 Å². The molecule has 3 aromatic rings. The lowest BCUT2D eigenvalue weighted by molar-refractivity contribution is 0.123. The number of likely N-dealkylation sites (tertiary alicyclic amines) is 1. The summed E-state index contributed by atoms with van der Waals surface area (Å²) in [6, 6.07) is 13.9. The third kappa shape index (κ3) is 3.81. The number of nitriles is 1. The molecule has 0 saturated carbocycles. The van der Waals surface area contributed by atoms with E-state index in [-0.39, 0.29) is 0 Å². The topological polar surface area (TPSA) is 90.4 Å². The molecular weight excluding hydrogens is 366 g/mol. The van der Waals surface area contributed by atoms with Gasteiger partial charge in [-0.25, -0.2) is 4.79 Å². The Morgan fingerprint density at radius 1 is 1.31 bits per heavy atom. The molecule has 2 heterocycles. The molecule has 6 heteroatoms. The van der Waals surface area contributed by atoms with Crippen LogP contribution in [0.3, 0.4) is 0 Å². The second-order valence-corrected chi connectivity index (χ2v) is 7.69. The van der Waals surface area contributed by atoms with Crippen LogP contribution >= 0.6 is 0 Å². The van der Waals surface area contributed by atoms with Crippen LogP contribution in [-0.2, 0) is 6.42 Å². The maximum absolute atomic E-state index is 11.0. The van der Waals surface area contributed by atoms with Gasteiger partial charge in [-0.15, -0.1) is 0 Å². The van der Waals surface area contributed by atoms with Crippen molar-refractivity contribution in [2.45, 2.75) is 32.6 Å². The normalized spacial score (nSPS) is 14.8. The van der Waals surface area contributed by atoms with Crippen LogP contribution in [0.1, 0.15) is 36.1 Å². The second kappa shape index (κ2) is 7.96. The number of nitrogens with zero attached hydrogens (tertiary/aromatic N) is 3. The van der Waals surface area contributed by atoms with E-state index in [2.05, 4.69) is 23.4 Å². The average molecular weight is 389 g/mol. The Bertz CT molecular complexity index is 1090. The van der Waals surface area contributed by atoms with Crippen molar-refractivity contribution >= 4 is 17.1 Å². The van der Waals surface area contributed by atoms with E-state index < -0.39 is 6.09 Å². The van der Waals surface area contributed by atoms with E-state index in [1.54, 1.807) is 6.07 Å². The molecule has 1 aromatic heterocycles. The summed E-state index contributed by atoms with van der Waals surface area (Å²) in [7, 11) is 0. The predicted octanol–water partition coefficient (Wildman–Crippen LogP) is 5.00. The van der Waals surface area contributed by atoms with Gasteiger partial charge in [0.05, 0.1) is 17.3 Å². The number of hydrogen-bond donors (Lipinski definition) is 1. The first-order chi connectivity index (χ1) is 14.1. The van der Waals surface area contributed by atoms with Crippen molar-refractivity contribution in [3.8, 4) is 17.2 Å². The fourth-order valence-electron chi connectivity index (χ4n) is 4.19. The van der Waals surface area contributed by atoms with E-state index in [9.17, 15) is 4.79 Å². The minimum atomic E-state index is -0.822. The van der Waals surface area contributed by atoms with Gasteiger partial charge in [-0.05, 0) is 67.9 Å². The van der Waals surface area contributed by atoms with Crippen molar-refractivity contribution in [1.82, 2.24) is 10.1 Å². The Balaban J connectivity index is 1.50. The zero-order chi connectivity index (χ0) is 20.4. The molecule has 1 saturated heterocycles. The quantitative estimate of drug-likeness (QED) is 0.678. The fraction of sp³-hybridized carbons (Fsp3) is 0.348. The van der Waals surface area contributed by atoms with Crippen molar-refractivity contribution in [2.75, 3.05) is 13.1 Å². The summed E-state index contributed by atoms with van der Waals surface area (Å²) in [4.78, 5) is 12.5. The number of carboxylic acid groups (broad SMARTS) is 1. The number of rotatable bonds is 4. The van der Waals surface area contributed by atoms with Gasteiger partial charge >= 0.3 is 6.09 Å². The molecule has 1 aliphatic rings. The number of aromatic nitrogens is 1. The van der Waals surface area contributed by atoms with Crippen LogP contribution in [0.15, 0.2) is 40.9 Å². The molecule has 0 radical (unpaired) electrons. The van der Waals surface area contributed by atoms with Gasteiger partial charge < -0.3 is 14.5 Å². The SMILES string of the molecule is Cc1c(-c2cccc(C#N)c2)ccc2c(CCC3CCN(C(=O)O)CC3)noc12. The monoisotopic (exact) mass is 389 g/mol. The molecule has 1 amide bonds. The number of aryl methyl sites for hydroxylation is 2. The summed E-state index contributed by atoms with van der Waals surface area (Å²) in [6.45, 7) is 3.25. The third-order valence-electron chi connectivity index (χ3n) is 5.94. The standard InChI is InChI=1S/C23H23N3O3/c1-15-19(18-4-2-3-17(13-18)14-24)6-7-20-21(25-29-22(15)20)8-5-16-9-11-26(12-10-16)23(27)28/h2-4,6-7,13,16H,5,8-12H2,1H3,(H,27,28). The molecule has 0 bridgehead atoms. The molecule has 1 fully saturated rings. The van der Waals surface area contributed by atoms with E-state index >= 15 is 0 Å². The lowest BCUT2D eigenvalue weighted by atomic mass is 9.91. The number of benzene rings is 2. The zero-order valence-electron chi connectivity index (χ0n) is 16.4. The number of carbonyl (C=O) groups is 1. The molecule has 1 aliphatic heterocycles. The first-order valence-electron chi connectivity index (χ1n) is 9.93. The van der Waals surface area contributed by atoms with Crippen LogP contribution in [0.4, 0.5) is 4.79 Å². The molecule has 148 valence electrons. The maximum atomic E-state index is 11.0. The van der Waals surface area contributed by atoms with Gasteiger partial charge in [0.2, 0.25) is 0 Å². The highest BCUT2D eigenvalue weighted by Crippen LogP contribution is 2.33. The largest absolute Gasteiger partial charge is 0.465 e. The van der Waals surface area contributed by atoms with Crippen LogP contribution in [0.5, 0.6) is 0 Å². The lowest BCUT2D eigenvalue weighted by Gasteiger charge is -2.29. The number of hydrogen-bond acceptors (Lipinski definition) is 4. The van der Waals surface area contributed by atoms with Gasteiger partial charge in [0.25, 0.3) is 0 Å². The molecule has 29 heavy (non-hydrogen) atoms. The van der Waals surface area contributed by atoms with Crippen molar-refractivity contribution in [3.63, 3.8) is 0 Å². The molecule has 6 nitrogen and oxygen atoms in total. The summed E-state index contributed by atoms with van der Waals surface area (Å²) >= 11 is 0. The summed E-state index contributed by atoms with van der Waals surface area (Å²) < 4.78 is 5.69. The Kier molecular flexibility index (Phi) is 5.22. The second-order valence-electron chi connectivity index (χ2n) is 7.69. The summed E-state index contributed by atoms with van der Waals surface area (Å²) in [5, 5.41) is 23.6. The van der Waals surface area contributed by atoms with Crippen LogP contribution in [0.25, 0.3) is 22.1 Å². The summed E-state index contributed by atoms with van der Waals surface area (Å²) in [5.41, 5.74) is 5.44. The Hall–Kier alpha value is -3.33. The number of amides is 1. The van der Waals surface area contributed by atoms with Crippen LogP contribution < -0.4 is 0 Å². The lowest BCUT2D eigenvalue weighted by Crippen LogP contribution is -2.37. The zero-order valence-corrected chi connectivity index (χ0v) is 16.4. The minimum absolute atomic E-state index is 0.520. The Morgan fingerprint density at radius 2 is 2.10 bits per heavy atom. The van der Waals surface area contributed by atoms with E-state index in [4.69, 9.17) is 14.9 Å².